The highest BCUT2D eigenvalue weighted by Crippen LogP contribution is 2.37. The van der Waals surface area contributed by atoms with Crippen molar-refractivity contribution in [1.29, 1.82) is 0 Å². The van der Waals surface area contributed by atoms with Gasteiger partial charge in [0.2, 0.25) is 11.9 Å². The van der Waals surface area contributed by atoms with E-state index in [4.69, 9.17) is 5.73 Å². The molecule has 0 aliphatic carbocycles. The van der Waals surface area contributed by atoms with Crippen LogP contribution in [0.15, 0.2) is 54.7 Å². The lowest BCUT2D eigenvalue weighted by Gasteiger charge is -2.36. The van der Waals surface area contributed by atoms with Crippen LogP contribution in [-0.4, -0.2) is 44.7 Å². The minimum absolute atomic E-state index is 0.0773. The van der Waals surface area contributed by atoms with Gasteiger partial charge in [-0.05, 0) is 61.1 Å². The summed E-state index contributed by atoms with van der Waals surface area (Å²) < 4.78 is 13.5. The summed E-state index contributed by atoms with van der Waals surface area (Å²) in [5.41, 5.74) is 9.68. The zero-order valence-corrected chi connectivity index (χ0v) is 19.5. The van der Waals surface area contributed by atoms with Crippen molar-refractivity contribution >= 4 is 17.8 Å². The molecule has 2 aliphatic rings. The topological polar surface area (TPSA) is 92.4 Å². The van der Waals surface area contributed by atoms with Gasteiger partial charge >= 0.3 is 0 Å². The number of carbonyl (C=O) groups excluding carboxylic acids is 2. The number of nitrogen functional groups attached to an aromatic ring is 1. The van der Waals surface area contributed by atoms with E-state index < -0.39 is 0 Å². The summed E-state index contributed by atoms with van der Waals surface area (Å²) in [5, 5.41) is 0. The van der Waals surface area contributed by atoms with Crippen LogP contribution < -0.4 is 5.73 Å². The molecule has 0 spiro atoms. The van der Waals surface area contributed by atoms with Crippen molar-refractivity contribution in [2.75, 3.05) is 18.8 Å². The summed E-state index contributed by atoms with van der Waals surface area (Å²) >= 11 is 0. The molecule has 2 aromatic carbocycles. The molecule has 2 saturated heterocycles. The molecular formula is C27H28FN5O2. The molecule has 5 rings (SSSR count). The number of aromatic nitrogens is 2. The number of rotatable bonds is 5. The molecule has 2 fully saturated rings. The highest BCUT2D eigenvalue weighted by Gasteiger charge is 2.32. The van der Waals surface area contributed by atoms with Crippen LogP contribution in [0, 0.1) is 5.82 Å². The van der Waals surface area contributed by atoms with E-state index in [1.54, 1.807) is 18.3 Å². The van der Waals surface area contributed by atoms with Crippen LogP contribution in [0.3, 0.4) is 0 Å². The Hall–Kier alpha value is -3.81. The first kappa shape index (κ1) is 23.0. The number of amides is 2. The molecule has 0 bridgehead atoms. The molecule has 8 heteroatoms. The monoisotopic (exact) mass is 473 g/mol. The predicted octanol–water partition coefficient (Wildman–Crippen LogP) is 4.35. The maximum atomic E-state index is 13.7. The van der Waals surface area contributed by atoms with Gasteiger partial charge in [-0.2, -0.15) is 0 Å². The summed E-state index contributed by atoms with van der Waals surface area (Å²) in [6.07, 6.45) is 5.72. The molecule has 7 nitrogen and oxygen atoms in total. The average Bonchev–Trinajstić information content (AvgIpc) is 3.28. The summed E-state index contributed by atoms with van der Waals surface area (Å²) in [4.78, 5) is 38.2. The summed E-state index contributed by atoms with van der Waals surface area (Å²) in [7, 11) is 0. The molecule has 0 saturated carbocycles. The van der Waals surface area contributed by atoms with Gasteiger partial charge in [-0.25, -0.2) is 14.4 Å². The molecule has 1 atom stereocenters. The number of benzene rings is 2. The van der Waals surface area contributed by atoms with Crippen molar-refractivity contribution in [3.63, 3.8) is 0 Å². The molecule has 1 aromatic heterocycles. The molecule has 0 radical (unpaired) electrons. The largest absolute Gasteiger partial charge is 0.368 e. The van der Waals surface area contributed by atoms with Crippen molar-refractivity contribution in [1.82, 2.24) is 19.8 Å². The van der Waals surface area contributed by atoms with Gasteiger partial charge in [0.25, 0.3) is 5.91 Å². The van der Waals surface area contributed by atoms with Crippen LogP contribution in [-0.2, 0) is 11.3 Å². The second kappa shape index (κ2) is 9.82. The third kappa shape index (κ3) is 4.87. The lowest BCUT2D eigenvalue weighted by atomic mass is 9.93. The Bertz CT molecular complexity index is 1250. The van der Waals surface area contributed by atoms with Crippen LogP contribution in [0.2, 0.25) is 0 Å². The second-order valence-corrected chi connectivity index (χ2v) is 9.16. The Morgan fingerprint density at radius 2 is 1.91 bits per heavy atom. The van der Waals surface area contributed by atoms with Gasteiger partial charge in [0.05, 0.1) is 11.7 Å². The molecular weight excluding hydrogens is 445 g/mol. The van der Waals surface area contributed by atoms with Crippen LogP contribution in [0.4, 0.5) is 10.3 Å². The van der Waals surface area contributed by atoms with Gasteiger partial charge in [0.1, 0.15) is 5.82 Å². The highest BCUT2D eigenvalue weighted by atomic mass is 19.1. The van der Waals surface area contributed by atoms with Gasteiger partial charge in [-0.3, -0.25) is 9.59 Å². The first-order valence-electron chi connectivity index (χ1n) is 12.1. The van der Waals surface area contributed by atoms with Crippen LogP contribution in [0.25, 0.3) is 11.1 Å². The summed E-state index contributed by atoms with van der Waals surface area (Å²) in [5.74, 6) is -0.100. The Labute approximate surface area is 203 Å². The van der Waals surface area contributed by atoms with Crippen molar-refractivity contribution in [2.24, 2.45) is 0 Å². The minimum Gasteiger partial charge on any atom is -0.368 e. The van der Waals surface area contributed by atoms with E-state index in [-0.39, 0.29) is 29.6 Å². The Kier molecular flexibility index (Phi) is 6.44. The summed E-state index contributed by atoms with van der Waals surface area (Å²) in [6.45, 7) is 1.87. The SMILES string of the molecule is Nc1ncc(-c2ccc(F)cc2)c([C@H]2CCCCN2C(=O)c2cccc(CN3CCCC3=O)c2)n1. The fourth-order valence-electron chi connectivity index (χ4n) is 5.03. The molecule has 35 heavy (non-hydrogen) atoms. The summed E-state index contributed by atoms with van der Waals surface area (Å²) in [6, 6.07) is 13.4. The van der Waals surface area contributed by atoms with Crippen molar-refractivity contribution < 1.29 is 14.0 Å². The molecule has 2 amide bonds. The average molecular weight is 474 g/mol. The normalized spacial score (nSPS) is 18.2. The van der Waals surface area contributed by atoms with Crippen molar-refractivity contribution in [3.05, 3.63) is 77.4 Å². The Balaban J connectivity index is 1.45. The maximum Gasteiger partial charge on any atom is 0.254 e. The van der Waals surface area contributed by atoms with E-state index in [0.717, 1.165) is 48.9 Å². The van der Waals surface area contributed by atoms with Crippen molar-refractivity contribution in [3.8, 4) is 11.1 Å². The Morgan fingerprint density at radius 3 is 2.69 bits per heavy atom. The van der Waals surface area contributed by atoms with E-state index in [9.17, 15) is 14.0 Å². The van der Waals surface area contributed by atoms with E-state index in [1.807, 2.05) is 34.1 Å². The van der Waals surface area contributed by atoms with Gasteiger partial charge < -0.3 is 15.5 Å². The zero-order valence-electron chi connectivity index (χ0n) is 19.5. The number of hydrogen-bond donors (Lipinski definition) is 1. The highest BCUT2D eigenvalue weighted by molar-refractivity contribution is 5.95. The van der Waals surface area contributed by atoms with Gasteiger partial charge in [0.15, 0.2) is 0 Å². The van der Waals surface area contributed by atoms with E-state index >= 15 is 0 Å². The first-order valence-corrected chi connectivity index (χ1v) is 12.1. The van der Waals surface area contributed by atoms with Crippen molar-refractivity contribution in [2.45, 2.75) is 44.7 Å². The van der Waals surface area contributed by atoms with E-state index in [2.05, 4.69) is 9.97 Å². The zero-order chi connectivity index (χ0) is 24.4. The number of anilines is 1. The van der Waals surface area contributed by atoms with E-state index in [1.165, 1.54) is 12.1 Å². The number of hydrogen-bond acceptors (Lipinski definition) is 5. The molecule has 2 aliphatic heterocycles. The fourth-order valence-corrected chi connectivity index (χ4v) is 5.03. The third-order valence-corrected chi connectivity index (χ3v) is 6.79. The number of carbonyl (C=O) groups is 2. The minimum atomic E-state index is -0.323. The van der Waals surface area contributed by atoms with Crippen LogP contribution in [0.5, 0.6) is 0 Å². The van der Waals surface area contributed by atoms with E-state index in [0.29, 0.717) is 30.8 Å². The van der Waals surface area contributed by atoms with Crippen LogP contribution >= 0.6 is 0 Å². The quantitative estimate of drug-likeness (QED) is 0.595. The Morgan fingerprint density at radius 1 is 1.09 bits per heavy atom. The number of piperidine rings is 1. The van der Waals surface area contributed by atoms with Gasteiger partial charge in [-0.1, -0.05) is 24.3 Å². The van der Waals surface area contributed by atoms with Gasteiger partial charge in [-0.15, -0.1) is 0 Å². The molecule has 3 heterocycles. The maximum absolute atomic E-state index is 13.7. The predicted molar refractivity (Wildman–Crippen MR) is 131 cm³/mol. The number of nitrogens with zero attached hydrogens (tertiary/aromatic N) is 4. The number of nitrogens with two attached hydrogens (primary N) is 1. The molecule has 180 valence electrons. The van der Waals surface area contributed by atoms with Crippen LogP contribution in [0.1, 0.15) is 59.8 Å². The number of halogens is 1. The molecule has 0 unspecified atom stereocenters. The standard InChI is InChI=1S/C27H28FN5O2/c28-21-11-9-19(10-12-21)22-16-30-27(29)31-25(22)23-7-1-2-14-33(23)26(35)20-6-3-5-18(15-20)17-32-13-4-8-24(32)34/h3,5-6,9-12,15-16,23H,1-2,4,7-8,13-14,17H2,(H2,29,30,31)/t23-/m1/s1. The lowest BCUT2D eigenvalue weighted by Crippen LogP contribution is -2.39. The smallest absolute Gasteiger partial charge is 0.254 e. The molecule has 3 aromatic rings. The van der Waals surface area contributed by atoms with Gasteiger partial charge in [0, 0.05) is 43.4 Å². The second-order valence-electron chi connectivity index (χ2n) is 9.16. The molecule has 2 N–H and O–H groups in total. The first-order chi connectivity index (χ1) is 17.0. The lowest BCUT2D eigenvalue weighted by molar-refractivity contribution is -0.128. The third-order valence-electron chi connectivity index (χ3n) is 6.79. The fraction of sp³-hybridized carbons (Fsp3) is 0.333. The number of likely N-dealkylation sites (tertiary alicyclic amines) is 2.